The summed E-state index contributed by atoms with van der Waals surface area (Å²) in [5.74, 6) is 0.703. The lowest BCUT2D eigenvalue weighted by Crippen LogP contribution is -2.25. The SMILES string of the molecule is CN1C(=O)CCOc2cc(N)c(Br)cc21. The van der Waals surface area contributed by atoms with E-state index in [0.717, 1.165) is 10.2 Å². The number of benzene rings is 1. The summed E-state index contributed by atoms with van der Waals surface area (Å²) >= 11 is 3.33. The summed E-state index contributed by atoms with van der Waals surface area (Å²) < 4.78 is 6.23. The predicted molar refractivity (Wildman–Crippen MR) is 62.1 cm³/mol. The topological polar surface area (TPSA) is 55.6 Å². The first kappa shape index (κ1) is 10.3. The van der Waals surface area contributed by atoms with Crippen molar-refractivity contribution in [1.29, 1.82) is 0 Å². The Balaban J connectivity index is 2.54. The monoisotopic (exact) mass is 270 g/mol. The number of rotatable bonds is 0. The number of carbonyl (C=O) groups is 1. The molecular weight excluding hydrogens is 260 g/mol. The van der Waals surface area contributed by atoms with Crippen LogP contribution in [0.3, 0.4) is 0 Å². The lowest BCUT2D eigenvalue weighted by molar-refractivity contribution is -0.118. The molecular formula is C10H11BrN2O2. The fourth-order valence-electron chi connectivity index (χ4n) is 1.49. The van der Waals surface area contributed by atoms with Crippen LogP contribution in [0.4, 0.5) is 11.4 Å². The molecule has 1 aliphatic rings. The van der Waals surface area contributed by atoms with Gasteiger partial charge < -0.3 is 15.4 Å². The first-order chi connectivity index (χ1) is 7.09. The normalized spacial score (nSPS) is 15.6. The van der Waals surface area contributed by atoms with Gasteiger partial charge >= 0.3 is 0 Å². The predicted octanol–water partition coefficient (Wildman–Crippen LogP) is 1.78. The van der Waals surface area contributed by atoms with Crippen molar-refractivity contribution in [1.82, 2.24) is 0 Å². The third kappa shape index (κ3) is 1.79. The molecule has 2 rings (SSSR count). The molecule has 0 aliphatic carbocycles. The first-order valence-electron chi connectivity index (χ1n) is 4.58. The van der Waals surface area contributed by atoms with Crippen molar-refractivity contribution in [3.8, 4) is 5.75 Å². The summed E-state index contributed by atoms with van der Waals surface area (Å²) in [4.78, 5) is 13.2. The first-order valence-corrected chi connectivity index (χ1v) is 5.37. The number of ether oxygens (including phenoxy) is 1. The maximum Gasteiger partial charge on any atom is 0.230 e. The molecule has 1 aliphatic heterocycles. The van der Waals surface area contributed by atoms with Gasteiger partial charge in [0.1, 0.15) is 5.75 Å². The van der Waals surface area contributed by atoms with Crippen molar-refractivity contribution in [3.63, 3.8) is 0 Å². The minimum Gasteiger partial charge on any atom is -0.491 e. The third-order valence-corrected chi connectivity index (χ3v) is 3.07. The Bertz CT molecular complexity index is 420. The number of hydrogen-bond acceptors (Lipinski definition) is 3. The van der Waals surface area contributed by atoms with Crippen LogP contribution in [-0.2, 0) is 4.79 Å². The molecule has 0 atom stereocenters. The standard InChI is InChI=1S/C10H11BrN2O2/c1-13-8-4-6(11)7(12)5-9(8)15-3-2-10(13)14/h4-5H,2-3,12H2,1H3. The molecule has 0 fully saturated rings. The van der Waals surface area contributed by atoms with Gasteiger partial charge in [0.05, 0.1) is 18.7 Å². The molecule has 1 aromatic carbocycles. The van der Waals surface area contributed by atoms with Gasteiger partial charge in [-0.05, 0) is 22.0 Å². The van der Waals surface area contributed by atoms with E-state index in [1.807, 2.05) is 0 Å². The van der Waals surface area contributed by atoms with Gasteiger partial charge in [-0.2, -0.15) is 0 Å². The van der Waals surface area contributed by atoms with Crippen LogP contribution in [0, 0.1) is 0 Å². The summed E-state index contributed by atoms with van der Waals surface area (Å²) in [5, 5.41) is 0. The zero-order valence-corrected chi connectivity index (χ0v) is 9.87. The van der Waals surface area contributed by atoms with Crippen LogP contribution in [0.1, 0.15) is 6.42 Å². The van der Waals surface area contributed by atoms with Crippen LogP contribution in [0.15, 0.2) is 16.6 Å². The quantitative estimate of drug-likeness (QED) is 0.732. The van der Waals surface area contributed by atoms with Gasteiger partial charge in [-0.15, -0.1) is 0 Å². The molecule has 0 bridgehead atoms. The molecule has 0 unspecified atom stereocenters. The van der Waals surface area contributed by atoms with Crippen LogP contribution in [0.25, 0.3) is 0 Å². The fraction of sp³-hybridized carbons (Fsp3) is 0.300. The van der Waals surface area contributed by atoms with Crippen LogP contribution in [-0.4, -0.2) is 19.6 Å². The lowest BCUT2D eigenvalue weighted by Gasteiger charge is -2.17. The summed E-state index contributed by atoms with van der Waals surface area (Å²) in [6.45, 7) is 0.400. The van der Waals surface area contributed by atoms with Crippen LogP contribution < -0.4 is 15.4 Å². The van der Waals surface area contributed by atoms with Gasteiger partial charge in [0, 0.05) is 23.3 Å². The summed E-state index contributed by atoms with van der Waals surface area (Å²) in [5.41, 5.74) is 7.10. The largest absolute Gasteiger partial charge is 0.491 e. The zero-order valence-electron chi connectivity index (χ0n) is 8.29. The number of nitrogen functional groups attached to an aromatic ring is 1. The van der Waals surface area contributed by atoms with Gasteiger partial charge in [0.2, 0.25) is 5.91 Å². The Morgan fingerprint density at radius 1 is 1.53 bits per heavy atom. The highest BCUT2D eigenvalue weighted by atomic mass is 79.9. The van der Waals surface area contributed by atoms with E-state index in [0.29, 0.717) is 24.5 Å². The van der Waals surface area contributed by atoms with E-state index in [2.05, 4.69) is 15.9 Å². The molecule has 0 saturated carbocycles. The van der Waals surface area contributed by atoms with E-state index >= 15 is 0 Å². The average Bonchev–Trinajstić information content (AvgIpc) is 2.32. The zero-order chi connectivity index (χ0) is 11.0. The van der Waals surface area contributed by atoms with E-state index in [1.54, 1.807) is 24.1 Å². The lowest BCUT2D eigenvalue weighted by atomic mass is 10.2. The second-order valence-corrected chi connectivity index (χ2v) is 4.25. The molecule has 80 valence electrons. The van der Waals surface area contributed by atoms with E-state index in [-0.39, 0.29) is 5.91 Å². The fourth-order valence-corrected chi connectivity index (χ4v) is 1.82. The summed E-state index contributed by atoms with van der Waals surface area (Å²) in [6, 6.07) is 3.53. The molecule has 1 heterocycles. The van der Waals surface area contributed by atoms with Gasteiger partial charge in [0.25, 0.3) is 0 Å². The molecule has 4 nitrogen and oxygen atoms in total. The molecule has 15 heavy (non-hydrogen) atoms. The van der Waals surface area contributed by atoms with Crippen molar-refractivity contribution in [2.45, 2.75) is 6.42 Å². The highest BCUT2D eigenvalue weighted by Gasteiger charge is 2.20. The number of halogens is 1. The van der Waals surface area contributed by atoms with E-state index in [4.69, 9.17) is 10.5 Å². The Hall–Kier alpha value is -1.23. The highest BCUT2D eigenvalue weighted by Crippen LogP contribution is 2.36. The maximum atomic E-state index is 11.6. The van der Waals surface area contributed by atoms with Crippen LogP contribution in [0.5, 0.6) is 5.75 Å². The van der Waals surface area contributed by atoms with Crippen molar-refractivity contribution < 1.29 is 9.53 Å². The average molecular weight is 271 g/mol. The van der Waals surface area contributed by atoms with Crippen molar-refractivity contribution in [2.24, 2.45) is 0 Å². The van der Waals surface area contributed by atoms with Crippen LogP contribution in [0.2, 0.25) is 0 Å². The Labute approximate surface area is 96.1 Å². The second-order valence-electron chi connectivity index (χ2n) is 3.39. The van der Waals surface area contributed by atoms with E-state index in [1.165, 1.54) is 0 Å². The number of amides is 1. The number of hydrogen-bond donors (Lipinski definition) is 1. The Morgan fingerprint density at radius 3 is 3.00 bits per heavy atom. The van der Waals surface area contributed by atoms with Crippen molar-refractivity contribution >= 4 is 33.2 Å². The number of fused-ring (bicyclic) bond motifs is 1. The maximum absolute atomic E-state index is 11.6. The number of nitrogens with two attached hydrogens (primary N) is 1. The van der Waals surface area contributed by atoms with Crippen molar-refractivity contribution in [3.05, 3.63) is 16.6 Å². The van der Waals surface area contributed by atoms with E-state index in [9.17, 15) is 4.79 Å². The number of anilines is 2. The molecule has 1 amide bonds. The van der Waals surface area contributed by atoms with Crippen molar-refractivity contribution in [2.75, 3.05) is 24.3 Å². The molecule has 1 aromatic rings. The molecule has 0 aromatic heterocycles. The number of nitrogens with zero attached hydrogens (tertiary/aromatic N) is 1. The molecule has 0 saturated heterocycles. The Kier molecular flexibility index (Phi) is 2.56. The Morgan fingerprint density at radius 2 is 2.27 bits per heavy atom. The molecule has 2 N–H and O–H groups in total. The summed E-state index contributed by atoms with van der Waals surface area (Å²) in [7, 11) is 1.73. The molecule has 0 spiro atoms. The molecule has 0 radical (unpaired) electrons. The van der Waals surface area contributed by atoms with Gasteiger partial charge in [-0.25, -0.2) is 0 Å². The van der Waals surface area contributed by atoms with Gasteiger partial charge in [-0.1, -0.05) is 0 Å². The highest BCUT2D eigenvalue weighted by molar-refractivity contribution is 9.10. The minimum absolute atomic E-state index is 0.0467. The number of carbonyl (C=O) groups excluding carboxylic acids is 1. The van der Waals surface area contributed by atoms with Gasteiger partial charge in [-0.3, -0.25) is 4.79 Å². The summed E-state index contributed by atoms with van der Waals surface area (Å²) in [6.07, 6.45) is 0.392. The minimum atomic E-state index is 0.0467. The van der Waals surface area contributed by atoms with Gasteiger partial charge in [0.15, 0.2) is 0 Å². The van der Waals surface area contributed by atoms with Crippen LogP contribution >= 0.6 is 15.9 Å². The third-order valence-electron chi connectivity index (χ3n) is 2.39. The van der Waals surface area contributed by atoms with E-state index < -0.39 is 0 Å². The smallest absolute Gasteiger partial charge is 0.230 e. The second kappa shape index (κ2) is 3.73. The molecule has 5 heteroatoms.